The molecule has 0 aromatic rings. The number of aliphatic carboxylic acids is 1. The van der Waals surface area contributed by atoms with Crippen LogP contribution in [0.4, 0.5) is 4.79 Å². The van der Waals surface area contributed by atoms with Gasteiger partial charge in [0.05, 0.1) is 12.3 Å². The molecule has 3 fully saturated rings. The zero-order chi connectivity index (χ0) is 20.4. The number of β-lactam (4-membered cyclic amide) rings is 1. The molecule has 0 unspecified atom stereocenters. The van der Waals surface area contributed by atoms with Gasteiger partial charge in [0, 0.05) is 25.4 Å². The first-order valence-electron chi connectivity index (χ1n) is 8.62. The number of amides is 4. The number of carbonyl (C=O) groups is 4. The summed E-state index contributed by atoms with van der Waals surface area (Å²) in [4.78, 5) is 50.8. The fourth-order valence-corrected chi connectivity index (χ4v) is 4.83. The van der Waals surface area contributed by atoms with Crippen molar-refractivity contribution in [1.29, 1.82) is 0 Å². The molecule has 154 valence electrons. The number of hydrogen-bond acceptors (Lipinski definition) is 7. The fourth-order valence-electron chi connectivity index (χ4n) is 4.32. The van der Waals surface area contributed by atoms with E-state index in [1.54, 1.807) is 0 Å². The van der Waals surface area contributed by atoms with Crippen molar-refractivity contribution >= 4 is 63.5 Å². The van der Waals surface area contributed by atoms with Gasteiger partial charge in [-0.1, -0.05) is 0 Å². The Labute approximate surface area is 188 Å². The Kier molecular flexibility index (Phi) is 5.62. The van der Waals surface area contributed by atoms with Crippen LogP contribution in [0.15, 0.2) is 11.5 Å². The Bertz CT molecular complexity index is 935. The molecule has 0 aliphatic carbocycles. The average molecular weight is 438 g/mol. The molecule has 3 saturated heterocycles. The number of likely N-dealkylation sites (tertiary alicyclic amines) is 1. The van der Waals surface area contributed by atoms with Crippen molar-refractivity contribution in [1.82, 2.24) is 20.4 Å². The maximum absolute atomic E-state index is 12.6. The maximum atomic E-state index is 12.6. The third kappa shape index (κ3) is 3.60. The Hall–Kier alpha value is -1.83. The summed E-state index contributed by atoms with van der Waals surface area (Å²) in [5.74, 6) is -3.09. The van der Waals surface area contributed by atoms with Gasteiger partial charge in [-0.05, 0) is 6.42 Å². The minimum atomic E-state index is -3.99. The Morgan fingerprint density at radius 2 is 2.00 bits per heavy atom. The molecule has 0 aromatic carbocycles. The first kappa shape index (κ1) is 21.9. The molecule has 0 radical (unpaired) electrons. The summed E-state index contributed by atoms with van der Waals surface area (Å²) in [7, 11) is -3.99. The van der Waals surface area contributed by atoms with E-state index >= 15 is 0 Å². The zero-order valence-corrected chi connectivity index (χ0v) is 15.6. The molecular formula is C15H19N4NaO8S. The quantitative estimate of drug-likeness (QED) is 0.240. The second-order valence-electron chi connectivity index (χ2n) is 7.21. The van der Waals surface area contributed by atoms with Gasteiger partial charge < -0.3 is 24.8 Å². The standard InChI is InChI=1S/C15H18N4O8S.Na.H/c1-28(25,26)27-8-4-6-5-18(15(24)17-7-2-3-16-12(7)20)11-9(6)19(13(11)21)10(8)14(22)23;;/h6-7,9,11H,2-5H2,1H3,(H,16,20)(H,17,24)(H,22,23);;/t6-,7+,9-,11+;;/m1../s1. The molecule has 4 amide bonds. The molecule has 4 heterocycles. The van der Waals surface area contributed by atoms with Crippen molar-refractivity contribution in [2.45, 2.75) is 31.0 Å². The van der Waals surface area contributed by atoms with Crippen LogP contribution < -0.4 is 10.6 Å². The molecule has 3 N–H and O–H groups in total. The number of carboxylic acids is 1. The van der Waals surface area contributed by atoms with Crippen molar-refractivity contribution in [2.24, 2.45) is 5.92 Å². The molecule has 0 bridgehead atoms. The van der Waals surface area contributed by atoms with Gasteiger partial charge in [0.1, 0.15) is 12.1 Å². The third-order valence-corrected chi connectivity index (χ3v) is 5.88. The summed E-state index contributed by atoms with van der Waals surface area (Å²) >= 11 is 0. The van der Waals surface area contributed by atoms with Crippen LogP contribution in [0.3, 0.4) is 0 Å². The summed E-state index contributed by atoms with van der Waals surface area (Å²) < 4.78 is 27.8. The number of carbonyl (C=O) groups excluding carboxylic acids is 3. The number of rotatable bonds is 4. The molecule has 4 rings (SSSR count). The van der Waals surface area contributed by atoms with E-state index in [1.807, 2.05) is 0 Å². The van der Waals surface area contributed by atoms with Gasteiger partial charge in [0.2, 0.25) is 5.91 Å². The second-order valence-corrected chi connectivity index (χ2v) is 8.78. The van der Waals surface area contributed by atoms with E-state index in [-0.39, 0.29) is 60.1 Å². The van der Waals surface area contributed by atoms with Crippen LogP contribution in [-0.4, -0.2) is 114 Å². The Morgan fingerprint density at radius 3 is 2.55 bits per heavy atom. The molecule has 4 aliphatic rings. The van der Waals surface area contributed by atoms with Crippen LogP contribution in [0, 0.1) is 5.92 Å². The van der Waals surface area contributed by atoms with Crippen LogP contribution in [0.2, 0.25) is 0 Å². The van der Waals surface area contributed by atoms with Crippen LogP contribution in [0.5, 0.6) is 0 Å². The van der Waals surface area contributed by atoms with E-state index in [9.17, 15) is 32.7 Å². The van der Waals surface area contributed by atoms with Gasteiger partial charge in [0.25, 0.3) is 5.91 Å². The number of carboxylic acid groups (broad SMARTS) is 1. The third-order valence-electron chi connectivity index (χ3n) is 5.38. The summed E-state index contributed by atoms with van der Waals surface area (Å²) in [6, 6.07) is -2.67. The number of urea groups is 1. The van der Waals surface area contributed by atoms with Crippen molar-refractivity contribution in [3.8, 4) is 0 Å². The van der Waals surface area contributed by atoms with Gasteiger partial charge in [-0.25, -0.2) is 9.59 Å². The van der Waals surface area contributed by atoms with E-state index in [0.29, 0.717) is 13.0 Å². The molecule has 14 heteroatoms. The van der Waals surface area contributed by atoms with Gasteiger partial charge in [-0.3, -0.25) is 14.5 Å². The van der Waals surface area contributed by atoms with Crippen molar-refractivity contribution < 1.29 is 36.9 Å². The van der Waals surface area contributed by atoms with E-state index in [4.69, 9.17) is 4.18 Å². The molecule has 4 aliphatic heterocycles. The summed E-state index contributed by atoms with van der Waals surface area (Å²) in [5.41, 5.74) is -0.509. The molecular weight excluding hydrogens is 419 g/mol. The van der Waals surface area contributed by atoms with Crippen LogP contribution in [0.1, 0.15) is 12.8 Å². The van der Waals surface area contributed by atoms with E-state index in [1.165, 1.54) is 4.90 Å². The normalized spacial score (nSPS) is 30.2. The van der Waals surface area contributed by atoms with Crippen LogP contribution in [0.25, 0.3) is 0 Å². The van der Waals surface area contributed by atoms with Gasteiger partial charge >= 0.3 is 51.7 Å². The SMILES string of the molecule is CS(=O)(=O)OC1=C(C(=O)O)N2C(=O)[C@@H]3[C@H]2[C@H](C1)CN3C(=O)N[C@H]1CCNC1=O.[NaH]. The first-order chi connectivity index (χ1) is 13.1. The zero-order valence-electron chi connectivity index (χ0n) is 14.7. The monoisotopic (exact) mass is 438 g/mol. The molecule has 12 nitrogen and oxygen atoms in total. The van der Waals surface area contributed by atoms with E-state index in [2.05, 4.69) is 10.6 Å². The van der Waals surface area contributed by atoms with E-state index < -0.39 is 51.8 Å². The van der Waals surface area contributed by atoms with Gasteiger partial charge in [0.15, 0.2) is 11.5 Å². The van der Waals surface area contributed by atoms with Crippen molar-refractivity contribution in [2.75, 3.05) is 19.3 Å². The van der Waals surface area contributed by atoms with Crippen molar-refractivity contribution in [3.63, 3.8) is 0 Å². The molecule has 0 aromatic heterocycles. The summed E-state index contributed by atoms with van der Waals surface area (Å²) in [6.07, 6.45) is 1.19. The van der Waals surface area contributed by atoms with E-state index in [0.717, 1.165) is 11.2 Å². The summed E-state index contributed by atoms with van der Waals surface area (Å²) in [6.45, 7) is 0.560. The first-order valence-corrected chi connectivity index (χ1v) is 10.4. The average Bonchev–Trinajstić information content (AvgIpc) is 3.13. The topological polar surface area (TPSA) is 162 Å². The Balaban J connectivity index is 0.00000240. The predicted octanol–water partition coefficient (Wildman–Crippen LogP) is -2.88. The van der Waals surface area contributed by atoms with Crippen molar-refractivity contribution in [3.05, 3.63) is 11.5 Å². The predicted molar refractivity (Wildman–Crippen MR) is 96.9 cm³/mol. The Morgan fingerprint density at radius 1 is 1.31 bits per heavy atom. The number of allylic oxidation sites excluding steroid dienone is 1. The number of nitrogens with zero attached hydrogens (tertiary/aromatic N) is 2. The fraction of sp³-hybridized carbons (Fsp3) is 0.600. The minimum absolute atomic E-state index is 0. The summed E-state index contributed by atoms with van der Waals surface area (Å²) in [5, 5.41) is 14.7. The van der Waals surface area contributed by atoms with Gasteiger partial charge in [-0.15, -0.1) is 0 Å². The molecule has 4 atom stereocenters. The van der Waals surface area contributed by atoms with Crippen LogP contribution >= 0.6 is 0 Å². The molecule has 29 heavy (non-hydrogen) atoms. The number of hydrogen-bond donors (Lipinski definition) is 3. The molecule has 0 saturated carbocycles. The van der Waals surface area contributed by atoms with Gasteiger partial charge in [-0.2, -0.15) is 8.42 Å². The second kappa shape index (κ2) is 7.45. The van der Waals surface area contributed by atoms with Crippen LogP contribution in [-0.2, 0) is 28.7 Å². The molecule has 0 spiro atoms. The number of nitrogens with one attached hydrogen (secondary N) is 2.